The molecule has 0 bridgehead atoms. The Morgan fingerprint density at radius 1 is 1.29 bits per heavy atom. The number of sulfonamides is 1. The minimum absolute atomic E-state index is 0.0832. The molecule has 1 fully saturated rings. The third kappa shape index (κ3) is 4.01. The fraction of sp³-hybridized carbons (Fsp3) is 0.750. The van der Waals surface area contributed by atoms with Crippen molar-refractivity contribution in [3.05, 3.63) is 11.3 Å². The predicted octanol–water partition coefficient (Wildman–Crippen LogP) is -0.732. The third-order valence-electron chi connectivity index (χ3n) is 3.59. The van der Waals surface area contributed by atoms with Crippen LogP contribution in [0.4, 0.5) is 0 Å². The topological polar surface area (TPSA) is 93.4 Å². The molecule has 0 aliphatic carbocycles. The van der Waals surface area contributed by atoms with Crippen molar-refractivity contribution in [1.82, 2.24) is 30.3 Å². The molecule has 0 unspecified atom stereocenters. The van der Waals surface area contributed by atoms with Crippen LogP contribution in [0.2, 0.25) is 0 Å². The molecule has 0 aromatic carbocycles. The van der Waals surface area contributed by atoms with Crippen LogP contribution in [0.3, 0.4) is 0 Å². The summed E-state index contributed by atoms with van der Waals surface area (Å²) < 4.78 is 25.0. The van der Waals surface area contributed by atoms with Crippen LogP contribution < -0.4 is 10.1 Å². The van der Waals surface area contributed by atoms with Crippen LogP contribution in [-0.2, 0) is 16.6 Å². The van der Waals surface area contributed by atoms with Gasteiger partial charge in [-0.15, -0.1) is 4.83 Å². The lowest BCUT2D eigenvalue weighted by molar-refractivity contribution is 0.134. The number of aromatic amines is 1. The smallest absolute Gasteiger partial charge is 0.273 e. The Kier molecular flexibility index (Phi) is 5.33. The van der Waals surface area contributed by atoms with Crippen LogP contribution >= 0.6 is 0 Å². The van der Waals surface area contributed by atoms with Gasteiger partial charge in [-0.2, -0.15) is 5.10 Å². The van der Waals surface area contributed by atoms with Crippen molar-refractivity contribution in [2.45, 2.75) is 25.4 Å². The van der Waals surface area contributed by atoms with E-state index < -0.39 is 10.0 Å². The first-order valence-electron chi connectivity index (χ1n) is 7.14. The Balaban J connectivity index is 2.12. The van der Waals surface area contributed by atoms with Gasteiger partial charge in [-0.25, -0.2) is 13.4 Å². The molecule has 3 N–H and O–H groups in total. The predicted molar refractivity (Wildman–Crippen MR) is 80.1 cm³/mol. The number of hydrogen-bond donors (Lipinski definition) is 3. The van der Waals surface area contributed by atoms with Gasteiger partial charge in [-0.1, -0.05) is 6.92 Å². The summed E-state index contributed by atoms with van der Waals surface area (Å²) in [6.07, 6.45) is 0. The molecule has 2 heterocycles. The van der Waals surface area contributed by atoms with Gasteiger partial charge in [0.2, 0.25) is 0 Å². The molecule has 1 aliphatic rings. The van der Waals surface area contributed by atoms with Crippen LogP contribution in [0.15, 0.2) is 5.03 Å². The maximum Gasteiger partial charge on any atom is 0.273 e. The lowest BCUT2D eigenvalue weighted by Gasteiger charge is -2.31. The molecule has 9 heteroatoms. The quantitative estimate of drug-likeness (QED) is 0.641. The molecule has 0 amide bonds. The highest BCUT2D eigenvalue weighted by atomic mass is 32.2. The number of likely N-dealkylation sites (N-methyl/N-ethyl adjacent to an activating group) is 1. The molecule has 1 aromatic rings. The number of aromatic nitrogens is 2. The summed E-state index contributed by atoms with van der Waals surface area (Å²) in [5.41, 5.74) is 1.47. The first-order chi connectivity index (χ1) is 9.94. The Morgan fingerprint density at radius 2 is 1.95 bits per heavy atom. The molecule has 1 saturated heterocycles. The van der Waals surface area contributed by atoms with E-state index in [4.69, 9.17) is 0 Å². The maximum atomic E-state index is 12.5. The van der Waals surface area contributed by atoms with Crippen LogP contribution in [-0.4, -0.2) is 68.3 Å². The van der Waals surface area contributed by atoms with Crippen molar-refractivity contribution in [2.75, 3.05) is 39.8 Å². The van der Waals surface area contributed by atoms with E-state index in [0.29, 0.717) is 25.2 Å². The number of piperazine rings is 1. The average Bonchev–Trinajstić information content (AvgIpc) is 2.81. The van der Waals surface area contributed by atoms with Crippen molar-refractivity contribution in [3.63, 3.8) is 0 Å². The molecule has 2 rings (SSSR count). The normalized spacial score (nSPS) is 18.2. The first kappa shape index (κ1) is 16.4. The molecule has 8 nitrogen and oxygen atoms in total. The third-order valence-corrected chi connectivity index (χ3v) is 4.94. The average molecular weight is 316 g/mol. The van der Waals surface area contributed by atoms with Crippen molar-refractivity contribution < 1.29 is 8.42 Å². The monoisotopic (exact) mass is 316 g/mol. The second-order valence-electron chi connectivity index (χ2n) is 5.30. The first-order valence-corrected chi connectivity index (χ1v) is 8.63. The van der Waals surface area contributed by atoms with Crippen LogP contribution in [0, 0.1) is 6.92 Å². The largest absolute Gasteiger partial charge is 0.313 e. The number of aryl methyl sites for hydroxylation is 1. The van der Waals surface area contributed by atoms with Crippen LogP contribution in [0.1, 0.15) is 18.2 Å². The Labute approximate surface area is 125 Å². The number of nitrogens with one attached hydrogen (secondary N) is 3. The van der Waals surface area contributed by atoms with Gasteiger partial charge in [0.1, 0.15) is 0 Å². The van der Waals surface area contributed by atoms with Gasteiger partial charge in [0.15, 0.2) is 5.03 Å². The number of hydrogen-bond acceptors (Lipinski definition) is 6. The zero-order valence-corrected chi connectivity index (χ0v) is 13.6. The second-order valence-corrected chi connectivity index (χ2v) is 6.87. The minimum Gasteiger partial charge on any atom is -0.313 e. The second kappa shape index (κ2) is 6.84. The summed E-state index contributed by atoms with van der Waals surface area (Å²) in [6, 6.07) is 0. The molecule has 120 valence electrons. The molecular weight excluding hydrogens is 292 g/mol. The highest BCUT2D eigenvalue weighted by molar-refractivity contribution is 7.89. The Bertz CT molecular complexity index is 562. The van der Waals surface area contributed by atoms with Crippen molar-refractivity contribution in [3.8, 4) is 0 Å². The highest BCUT2D eigenvalue weighted by Gasteiger charge is 2.27. The molecule has 1 aliphatic heterocycles. The zero-order chi connectivity index (χ0) is 15.5. The lowest BCUT2D eigenvalue weighted by atomic mass is 10.2. The summed E-state index contributed by atoms with van der Waals surface area (Å²) in [5.74, 6) is 0. The summed E-state index contributed by atoms with van der Waals surface area (Å²) in [6.45, 7) is 8.08. The van der Waals surface area contributed by atoms with E-state index in [0.717, 1.165) is 25.3 Å². The minimum atomic E-state index is -3.64. The fourth-order valence-corrected chi connectivity index (χ4v) is 3.55. The van der Waals surface area contributed by atoms with E-state index >= 15 is 0 Å². The number of H-pyrrole nitrogens is 1. The van der Waals surface area contributed by atoms with E-state index in [1.807, 2.05) is 20.9 Å². The molecule has 0 spiro atoms. The Morgan fingerprint density at radius 3 is 2.57 bits per heavy atom. The summed E-state index contributed by atoms with van der Waals surface area (Å²) in [7, 11) is -1.62. The van der Waals surface area contributed by atoms with Gasteiger partial charge in [0.05, 0.1) is 0 Å². The SMILES string of the molecule is CCNCc1c(S(=O)(=O)NN2CCN(C)CC2)n[nH]c1C. The van der Waals surface area contributed by atoms with E-state index in [1.54, 1.807) is 5.01 Å². The van der Waals surface area contributed by atoms with E-state index in [1.165, 1.54) is 0 Å². The van der Waals surface area contributed by atoms with Crippen molar-refractivity contribution >= 4 is 10.0 Å². The van der Waals surface area contributed by atoms with Gasteiger partial charge in [-0.3, -0.25) is 5.10 Å². The number of nitrogens with zero attached hydrogens (tertiary/aromatic N) is 3. The number of rotatable bonds is 6. The van der Waals surface area contributed by atoms with Gasteiger partial charge >= 0.3 is 0 Å². The lowest BCUT2D eigenvalue weighted by Crippen LogP contribution is -2.52. The van der Waals surface area contributed by atoms with Crippen molar-refractivity contribution in [1.29, 1.82) is 0 Å². The standard InChI is InChI=1S/C12H24N6O2S/c1-4-13-9-11-10(2)14-15-12(11)21(19,20)16-18-7-5-17(3)6-8-18/h13,16H,4-9H2,1-3H3,(H,14,15). The molecule has 0 atom stereocenters. The van der Waals surface area contributed by atoms with Crippen molar-refractivity contribution in [2.24, 2.45) is 0 Å². The maximum absolute atomic E-state index is 12.5. The molecule has 0 radical (unpaired) electrons. The molecule has 21 heavy (non-hydrogen) atoms. The van der Waals surface area contributed by atoms with Gasteiger partial charge in [0.25, 0.3) is 10.0 Å². The highest BCUT2D eigenvalue weighted by Crippen LogP contribution is 2.16. The molecule has 0 saturated carbocycles. The summed E-state index contributed by atoms with van der Waals surface area (Å²) in [4.78, 5) is 4.80. The summed E-state index contributed by atoms with van der Waals surface area (Å²) >= 11 is 0. The van der Waals surface area contributed by atoms with E-state index in [-0.39, 0.29) is 5.03 Å². The number of hydrazine groups is 1. The van der Waals surface area contributed by atoms with Crippen LogP contribution in [0.25, 0.3) is 0 Å². The zero-order valence-electron chi connectivity index (χ0n) is 12.8. The summed E-state index contributed by atoms with van der Waals surface area (Å²) in [5, 5.41) is 11.7. The Hall–Kier alpha value is -1.00. The molecule has 1 aromatic heterocycles. The van der Waals surface area contributed by atoms with Gasteiger partial charge in [0, 0.05) is 44.0 Å². The fourth-order valence-electron chi connectivity index (χ4n) is 2.22. The molecular formula is C12H24N6O2S. The van der Waals surface area contributed by atoms with E-state index in [2.05, 4.69) is 25.2 Å². The van der Waals surface area contributed by atoms with E-state index in [9.17, 15) is 8.42 Å². The van der Waals surface area contributed by atoms with Crippen LogP contribution in [0.5, 0.6) is 0 Å². The van der Waals surface area contributed by atoms with Gasteiger partial charge in [-0.05, 0) is 20.5 Å². The van der Waals surface area contributed by atoms with Gasteiger partial charge < -0.3 is 10.2 Å².